The molecule has 13 heavy (non-hydrogen) atoms. The molecule has 0 aromatic heterocycles. The van der Waals surface area contributed by atoms with E-state index in [-0.39, 0.29) is 0 Å². The van der Waals surface area contributed by atoms with Gasteiger partial charge in [0.1, 0.15) is 0 Å². The average Bonchev–Trinajstić information content (AvgIpc) is 2.18. The molecule has 0 N–H and O–H groups in total. The summed E-state index contributed by atoms with van der Waals surface area (Å²) < 4.78 is 0. The van der Waals surface area contributed by atoms with Crippen LogP contribution in [-0.4, -0.2) is 30.3 Å². The van der Waals surface area contributed by atoms with Crippen LogP contribution in [0.4, 0.5) is 0 Å². The van der Waals surface area contributed by atoms with Gasteiger partial charge in [-0.15, -0.1) is 0 Å². The summed E-state index contributed by atoms with van der Waals surface area (Å²) in [5.41, 5.74) is 0. The van der Waals surface area contributed by atoms with Crippen LogP contribution in [0.15, 0.2) is 0 Å². The first kappa shape index (κ1) is 15.8. The van der Waals surface area contributed by atoms with Gasteiger partial charge in [0.2, 0.25) is 0 Å². The normalized spacial score (nSPS) is 27.9. The highest BCUT2D eigenvalue weighted by atomic mass is 32.1. The molecular weight excluding hydrogens is 178 g/mol. The van der Waals surface area contributed by atoms with E-state index in [1.165, 1.54) is 19.5 Å². The Labute approximate surface area is 90.3 Å². The summed E-state index contributed by atoms with van der Waals surface area (Å²) in [4.78, 5) is 2.37. The lowest BCUT2D eigenvalue weighted by Crippen LogP contribution is -2.37. The van der Waals surface area contributed by atoms with Crippen LogP contribution < -0.4 is 0 Å². The molecule has 2 unspecified atom stereocenters. The Morgan fingerprint density at radius 3 is 1.92 bits per heavy atom. The standard InChI is InChI=1S/C7H15NS.2C2H6/c1-6-5-8(2)4-3-7(6)9;2*1-2/h6-7,9H,3-5H2,1-2H3;2*1-2H3. The monoisotopic (exact) mass is 205 g/mol. The van der Waals surface area contributed by atoms with Crippen LogP contribution in [-0.2, 0) is 0 Å². The Morgan fingerprint density at radius 1 is 1.15 bits per heavy atom. The first-order chi connectivity index (χ1) is 6.20. The summed E-state index contributed by atoms with van der Waals surface area (Å²) in [6.45, 7) is 12.7. The van der Waals surface area contributed by atoms with Gasteiger partial charge >= 0.3 is 0 Å². The fraction of sp³-hybridized carbons (Fsp3) is 1.00. The number of hydrogen-bond donors (Lipinski definition) is 1. The highest BCUT2D eigenvalue weighted by Gasteiger charge is 2.20. The second kappa shape index (κ2) is 10.4. The predicted octanol–water partition coefficient (Wildman–Crippen LogP) is 3.31. The maximum atomic E-state index is 4.47. The van der Waals surface area contributed by atoms with Crippen molar-refractivity contribution in [1.82, 2.24) is 4.90 Å². The number of likely N-dealkylation sites (tertiary alicyclic amines) is 1. The molecule has 1 saturated heterocycles. The van der Waals surface area contributed by atoms with Crippen LogP contribution in [0.2, 0.25) is 0 Å². The summed E-state index contributed by atoms with van der Waals surface area (Å²) in [6.07, 6.45) is 1.25. The van der Waals surface area contributed by atoms with Crippen molar-refractivity contribution in [3.05, 3.63) is 0 Å². The first-order valence-electron chi connectivity index (χ1n) is 5.57. The van der Waals surface area contributed by atoms with E-state index in [0.29, 0.717) is 5.25 Å². The first-order valence-corrected chi connectivity index (χ1v) is 6.08. The van der Waals surface area contributed by atoms with Gasteiger partial charge in [-0.3, -0.25) is 0 Å². The number of hydrogen-bond acceptors (Lipinski definition) is 2. The van der Waals surface area contributed by atoms with Gasteiger partial charge in [0, 0.05) is 11.8 Å². The molecule has 0 aromatic rings. The zero-order chi connectivity index (χ0) is 10.9. The molecule has 0 amide bonds. The average molecular weight is 205 g/mol. The molecule has 0 aromatic carbocycles. The summed E-state index contributed by atoms with van der Waals surface area (Å²) in [7, 11) is 2.18. The molecule has 2 heteroatoms. The Morgan fingerprint density at radius 2 is 1.62 bits per heavy atom. The minimum absolute atomic E-state index is 0.640. The summed E-state index contributed by atoms with van der Waals surface area (Å²) in [5.74, 6) is 0.770. The molecule has 1 fully saturated rings. The second-order valence-electron chi connectivity index (χ2n) is 3.10. The molecule has 0 saturated carbocycles. The van der Waals surface area contributed by atoms with Crippen LogP contribution in [0.25, 0.3) is 0 Å². The second-order valence-corrected chi connectivity index (χ2v) is 3.76. The van der Waals surface area contributed by atoms with Crippen molar-refractivity contribution in [2.45, 2.75) is 46.3 Å². The van der Waals surface area contributed by atoms with E-state index in [4.69, 9.17) is 0 Å². The summed E-state index contributed by atoms with van der Waals surface area (Å²) in [5, 5.41) is 0.640. The molecule has 1 heterocycles. The highest BCUT2D eigenvalue weighted by molar-refractivity contribution is 7.81. The van der Waals surface area contributed by atoms with E-state index in [9.17, 15) is 0 Å². The highest BCUT2D eigenvalue weighted by Crippen LogP contribution is 2.19. The van der Waals surface area contributed by atoms with E-state index < -0.39 is 0 Å². The van der Waals surface area contributed by atoms with Gasteiger partial charge in [0.05, 0.1) is 0 Å². The Balaban J connectivity index is 0. The molecular formula is C11H27NS. The third kappa shape index (κ3) is 7.39. The van der Waals surface area contributed by atoms with E-state index >= 15 is 0 Å². The van der Waals surface area contributed by atoms with Crippen molar-refractivity contribution >= 4 is 12.6 Å². The quantitative estimate of drug-likeness (QED) is 0.594. The van der Waals surface area contributed by atoms with Gasteiger partial charge in [-0.2, -0.15) is 12.6 Å². The van der Waals surface area contributed by atoms with Crippen LogP contribution in [0.5, 0.6) is 0 Å². The maximum Gasteiger partial charge on any atom is 0.00667 e. The molecule has 1 aliphatic rings. The predicted molar refractivity (Wildman–Crippen MR) is 66.7 cm³/mol. The fourth-order valence-electron chi connectivity index (χ4n) is 1.34. The number of piperidine rings is 1. The van der Waals surface area contributed by atoms with E-state index in [2.05, 4.69) is 31.5 Å². The van der Waals surface area contributed by atoms with Crippen LogP contribution in [0.3, 0.4) is 0 Å². The van der Waals surface area contributed by atoms with E-state index in [0.717, 1.165) is 5.92 Å². The van der Waals surface area contributed by atoms with Gasteiger partial charge < -0.3 is 4.90 Å². The zero-order valence-corrected chi connectivity index (χ0v) is 11.1. The largest absolute Gasteiger partial charge is 0.306 e. The van der Waals surface area contributed by atoms with Crippen LogP contribution in [0, 0.1) is 5.92 Å². The lowest BCUT2D eigenvalue weighted by atomic mass is 10.0. The third-order valence-electron chi connectivity index (χ3n) is 2.06. The van der Waals surface area contributed by atoms with Crippen molar-refractivity contribution in [2.24, 2.45) is 5.92 Å². The van der Waals surface area contributed by atoms with E-state index in [1.807, 2.05) is 27.7 Å². The van der Waals surface area contributed by atoms with Gasteiger partial charge in [-0.05, 0) is 25.9 Å². The Bertz CT molecular complexity index is 96.1. The fourth-order valence-corrected chi connectivity index (χ4v) is 1.55. The number of thiol groups is 1. The molecule has 0 spiro atoms. The maximum absolute atomic E-state index is 4.47. The number of rotatable bonds is 0. The minimum Gasteiger partial charge on any atom is -0.306 e. The topological polar surface area (TPSA) is 3.24 Å². The molecule has 0 aliphatic carbocycles. The molecule has 82 valence electrons. The summed E-state index contributed by atoms with van der Waals surface area (Å²) in [6, 6.07) is 0. The zero-order valence-electron chi connectivity index (χ0n) is 10.2. The molecule has 0 bridgehead atoms. The summed E-state index contributed by atoms with van der Waals surface area (Å²) >= 11 is 4.47. The Hall–Kier alpha value is 0.310. The Kier molecular flexibility index (Phi) is 12.6. The third-order valence-corrected chi connectivity index (χ3v) is 2.83. The minimum atomic E-state index is 0.640. The molecule has 1 aliphatic heterocycles. The molecule has 1 nitrogen and oxygen atoms in total. The molecule has 2 atom stereocenters. The van der Waals surface area contributed by atoms with Gasteiger partial charge in [-0.1, -0.05) is 34.6 Å². The van der Waals surface area contributed by atoms with Crippen molar-refractivity contribution < 1.29 is 0 Å². The van der Waals surface area contributed by atoms with Crippen LogP contribution >= 0.6 is 12.6 Å². The smallest absolute Gasteiger partial charge is 0.00667 e. The van der Waals surface area contributed by atoms with Gasteiger partial charge in [-0.25, -0.2) is 0 Å². The van der Waals surface area contributed by atoms with Gasteiger partial charge in [0.25, 0.3) is 0 Å². The lowest BCUT2D eigenvalue weighted by Gasteiger charge is -2.31. The van der Waals surface area contributed by atoms with Crippen molar-refractivity contribution in [1.29, 1.82) is 0 Å². The molecule has 0 radical (unpaired) electrons. The lowest BCUT2D eigenvalue weighted by molar-refractivity contribution is 0.229. The number of nitrogens with zero attached hydrogens (tertiary/aromatic N) is 1. The van der Waals surface area contributed by atoms with Crippen molar-refractivity contribution in [3.63, 3.8) is 0 Å². The SMILES string of the molecule is CC.CC.CC1CN(C)CCC1S. The van der Waals surface area contributed by atoms with E-state index in [1.54, 1.807) is 0 Å². The van der Waals surface area contributed by atoms with Crippen molar-refractivity contribution in [2.75, 3.05) is 20.1 Å². The van der Waals surface area contributed by atoms with Crippen LogP contribution in [0.1, 0.15) is 41.0 Å². The van der Waals surface area contributed by atoms with Crippen molar-refractivity contribution in [3.8, 4) is 0 Å². The molecule has 1 rings (SSSR count). The van der Waals surface area contributed by atoms with Gasteiger partial charge in [0.15, 0.2) is 0 Å².